The number of urea groups is 1. The molecule has 9 nitrogen and oxygen atoms in total. The van der Waals surface area contributed by atoms with Gasteiger partial charge in [-0.05, 0) is 20.8 Å². The standard InChI is InChI=1S/C15H22N6O3/c1-9(2)21-12(4-5-16-21)17-13(22)10(3)19-6-7-20-11(8-19)14(23)18-15(20)24/h4-5,9-11H,6-8H2,1-3H3,(H,17,22)(H,18,23,24). The van der Waals surface area contributed by atoms with Crippen LogP contribution in [0.1, 0.15) is 26.8 Å². The van der Waals surface area contributed by atoms with E-state index in [0.29, 0.717) is 25.5 Å². The van der Waals surface area contributed by atoms with Gasteiger partial charge in [0.25, 0.3) is 5.91 Å². The van der Waals surface area contributed by atoms with Crippen molar-refractivity contribution in [2.24, 2.45) is 0 Å². The second-order valence-electron chi connectivity index (χ2n) is 6.42. The Morgan fingerprint density at radius 2 is 2.08 bits per heavy atom. The van der Waals surface area contributed by atoms with Gasteiger partial charge < -0.3 is 10.2 Å². The van der Waals surface area contributed by atoms with Crippen molar-refractivity contribution in [3.8, 4) is 0 Å². The van der Waals surface area contributed by atoms with Crippen molar-refractivity contribution in [2.45, 2.75) is 38.9 Å². The zero-order chi connectivity index (χ0) is 17.4. The third-order valence-corrected chi connectivity index (χ3v) is 4.54. The van der Waals surface area contributed by atoms with E-state index in [1.54, 1.807) is 23.9 Å². The summed E-state index contributed by atoms with van der Waals surface area (Å²) in [4.78, 5) is 39.4. The van der Waals surface area contributed by atoms with E-state index < -0.39 is 12.1 Å². The van der Waals surface area contributed by atoms with Crippen LogP contribution in [-0.4, -0.2) is 69.1 Å². The highest BCUT2D eigenvalue weighted by molar-refractivity contribution is 6.04. The Morgan fingerprint density at radius 3 is 2.79 bits per heavy atom. The summed E-state index contributed by atoms with van der Waals surface area (Å²) in [6.07, 6.45) is 1.65. The average molecular weight is 334 g/mol. The number of nitrogens with one attached hydrogen (secondary N) is 2. The SMILES string of the molecule is CC(C(=O)Nc1ccnn1C(C)C)N1CCN2C(=O)NC(=O)C2C1. The van der Waals surface area contributed by atoms with Crippen LogP contribution >= 0.6 is 0 Å². The number of fused-ring (bicyclic) bond motifs is 1. The van der Waals surface area contributed by atoms with Gasteiger partial charge in [-0.2, -0.15) is 5.10 Å². The fourth-order valence-corrected chi connectivity index (χ4v) is 3.11. The van der Waals surface area contributed by atoms with Crippen LogP contribution < -0.4 is 10.6 Å². The molecule has 1 aromatic heterocycles. The number of amides is 4. The highest BCUT2D eigenvalue weighted by Crippen LogP contribution is 2.19. The van der Waals surface area contributed by atoms with Gasteiger partial charge in [0.15, 0.2) is 0 Å². The second kappa shape index (κ2) is 6.23. The summed E-state index contributed by atoms with van der Waals surface area (Å²) in [6, 6.07) is 0.629. The summed E-state index contributed by atoms with van der Waals surface area (Å²) in [5.74, 6) is 0.194. The van der Waals surface area contributed by atoms with E-state index in [1.165, 1.54) is 4.90 Å². The normalized spacial score (nSPS) is 22.5. The molecular formula is C15H22N6O3. The van der Waals surface area contributed by atoms with E-state index in [9.17, 15) is 14.4 Å². The summed E-state index contributed by atoms with van der Waals surface area (Å²) in [6.45, 7) is 7.12. The summed E-state index contributed by atoms with van der Waals surface area (Å²) < 4.78 is 1.74. The monoisotopic (exact) mass is 334 g/mol. The van der Waals surface area contributed by atoms with Crippen LogP contribution in [0.3, 0.4) is 0 Å². The first-order valence-electron chi connectivity index (χ1n) is 8.08. The number of carbonyl (C=O) groups is 3. The summed E-state index contributed by atoms with van der Waals surface area (Å²) >= 11 is 0. The zero-order valence-corrected chi connectivity index (χ0v) is 14.0. The van der Waals surface area contributed by atoms with Gasteiger partial charge in [0.1, 0.15) is 11.9 Å². The van der Waals surface area contributed by atoms with Gasteiger partial charge in [0.2, 0.25) is 5.91 Å². The molecule has 0 aliphatic carbocycles. The number of nitrogens with zero attached hydrogens (tertiary/aromatic N) is 4. The van der Waals surface area contributed by atoms with Crippen LogP contribution in [-0.2, 0) is 9.59 Å². The Bertz CT molecular complexity index is 670. The van der Waals surface area contributed by atoms with Gasteiger partial charge in [-0.15, -0.1) is 0 Å². The van der Waals surface area contributed by atoms with E-state index >= 15 is 0 Å². The van der Waals surface area contributed by atoms with E-state index in [4.69, 9.17) is 0 Å². The Kier molecular flexibility index (Phi) is 4.27. The smallest absolute Gasteiger partial charge is 0.310 e. The van der Waals surface area contributed by atoms with Gasteiger partial charge in [-0.1, -0.05) is 0 Å². The summed E-state index contributed by atoms with van der Waals surface area (Å²) in [5.41, 5.74) is 0. The van der Waals surface area contributed by atoms with Gasteiger partial charge in [-0.25, -0.2) is 9.48 Å². The van der Waals surface area contributed by atoms with Crippen molar-refractivity contribution in [1.82, 2.24) is 24.9 Å². The van der Waals surface area contributed by atoms with Crippen molar-refractivity contribution in [2.75, 3.05) is 25.0 Å². The van der Waals surface area contributed by atoms with Crippen molar-refractivity contribution in [1.29, 1.82) is 0 Å². The predicted molar refractivity (Wildman–Crippen MR) is 86.3 cm³/mol. The van der Waals surface area contributed by atoms with E-state index in [1.807, 2.05) is 18.7 Å². The maximum absolute atomic E-state index is 12.5. The maximum atomic E-state index is 12.5. The molecule has 3 heterocycles. The number of piperazine rings is 1. The fourth-order valence-electron chi connectivity index (χ4n) is 3.11. The lowest BCUT2D eigenvalue weighted by molar-refractivity contribution is -0.126. The lowest BCUT2D eigenvalue weighted by Crippen LogP contribution is -2.57. The molecule has 0 bridgehead atoms. The van der Waals surface area contributed by atoms with Gasteiger partial charge in [0.05, 0.1) is 12.2 Å². The minimum atomic E-state index is -0.511. The van der Waals surface area contributed by atoms with Crippen molar-refractivity contribution < 1.29 is 14.4 Å². The second-order valence-corrected chi connectivity index (χ2v) is 6.42. The van der Waals surface area contributed by atoms with E-state index in [0.717, 1.165) is 0 Å². The fraction of sp³-hybridized carbons (Fsp3) is 0.600. The molecule has 2 fully saturated rings. The molecule has 24 heavy (non-hydrogen) atoms. The minimum absolute atomic E-state index is 0.141. The number of aromatic nitrogens is 2. The number of imide groups is 1. The largest absolute Gasteiger partial charge is 0.324 e. The van der Waals surface area contributed by atoms with Crippen LogP contribution in [0.25, 0.3) is 0 Å². The minimum Gasteiger partial charge on any atom is -0.310 e. The molecule has 0 spiro atoms. The van der Waals surface area contributed by atoms with Crippen molar-refractivity contribution in [3.63, 3.8) is 0 Å². The molecule has 1 aromatic rings. The molecule has 0 aromatic carbocycles. The predicted octanol–water partition coefficient (Wildman–Crippen LogP) is 0.0270. The lowest BCUT2D eigenvalue weighted by atomic mass is 10.1. The quantitative estimate of drug-likeness (QED) is 0.757. The Balaban J connectivity index is 1.65. The molecule has 2 unspecified atom stereocenters. The number of rotatable bonds is 4. The van der Waals surface area contributed by atoms with E-state index in [-0.39, 0.29) is 23.9 Å². The Morgan fingerprint density at radius 1 is 1.33 bits per heavy atom. The molecule has 4 amide bonds. The summed E-state index contributed by atoms with van der Waals surface area (Å²) in [7, 11) is 0. The Hall–Kier alpha value is -2.42. The van der Waals surface area contributed by atoms with Crippen LogP contribution in [0.4, 0.5) is 10.6 Å². The molecule has 3 rings (SSSR count). The molecule has 2 aliphatic heterocycles. The molecule has 0 radical (unpaired) electrons. The first-order valence-corrected chi connectivity index (χ1v) is 8.08. The van der Waals surface area contributed by atoms with Gasteiger partial charge in [-0.3, -0.25) is 19.8 Å². The van der Waals surface area contributed by atoms with Crippen molar-refractivity contribution in [3.05, 3.63) is 12.3 Å². The average Bonchev–Trinajstić information content (AvgIpc) is 3.11. The van der Waals surface area contributed by atoms with Crippen LogP contribution in [0.5, 0.6) is 0 Å². The molecular weight excluding hydrogens is 312 g/mol. The highest BCUT2D eigenvalue weighted by Gasteiger charge is 2.43. The molecule has 130 valence electrons. The first-order chi connectivity index (χ1) is 11.4. The molecule has 9 heteroatoms. The van der Waals surface area contributed by atoms with Crippen LogP contribution in [0.2, 0.25) is 0 Å². The third-order valence-electron chi connectivity index (χ3n) is 4.54. The third kappa shape index (κ3) is 2.86. The lowest BCUT2D eigenvalue weighted by Gasteiger charge is -2.38. The van der Waals surface area contributed by atoms with Gasteiger partial charge >= 0.3 is 6.03 Å². The topological polar surface area (TPSA) is 99.6 Å². The Labute approximate surface area is 140 Å². The van der Waals surface area contributed by atoms with Crippen LogP contribution in [0, 0.1) is 0 Å². The number of hydrogen-bond donors (Lipinski definition) is 2. The van der Waals surface area contributed by atoms with Crippen LogP contribution in [0.15, 0.2) is 12.3 Å². The molecule has 2 saturated heterocycles. The van der Waals surface area contributed by atoms with E-state index in [2.05, 4.69) is 15.7 Å². The number of anilines is 1. The van der Waals surface area contributed by atoms with Gasteiger partial charge in [0, 0.05) is 31.7 Å². The molecule has 0 saturated carbocycles. The summed E-state index contributed by atoms with van der Waals surface area (Å²) in [5, 5.41) is 9.39. The van der Waals surface area contributed by atoms with Crippen molar-refractivity contribution >= 4 is 23.7 Å². The molecule has 2 N–H and O–H groups in total. The number of carbonyl (C=O) groups excluding carboxylic acids is 3. The maximum Gasteiger partial charge on any atom is 0.324 e. The zero-order valence-electron chi connectivity index (χ0n) is 14.0. The molecule has 2 aliphatic rings. The number of hydrogen-bond acceptors (Lipinski definition) is 5. The first kappa shape index (κ1) is 16.4. The molecule has 2 atom stereocenters. The highest BCUT2D eigenvalue weighted by atomic mass is 16.2.